The molecule has 0 saturated heterocycles. The summed E-state index contributed by atoms with van der Waals surface area (Å²) in [5.74, 6) is 0.589. The summed E-state index contributed by atoms with van der Waals surface area (Å²) in [6, 6.07) is 4.86. The molecule has 1 aliphatic rings. The van der Waals surface area contributed by atoms with Gasteiger partial charge in [0.1, 0.15) is 11.0 Å². The van der Waals surface area contributed by atoms with Crippen LogP contribution in [0.1, 0.15) is 45.6 Å². The van der Waals surface area contributed by atoms with Crippen molar-refractivity contribution in [2.75, 3.05) is 7.11 Å². The second kappa shape index (κ2) is 8.61. The molecule has 0 aliphatic heterocycles. The lowest BCUT2D eigenvalue weighted by atomic mass is 9.78. The third-order valence-corrected chi connectivity index (χ3v) is 7.78. The Morgan fingerprint density at radius 3 is 2.69 bits per heavy atom. The molecule has 0 bridgehead atoms. The van der Waals surface area contributed by atoms with Crippen molar-refractivity contribution < 1.29 is 17.9 Å². The van der Waals surface area contributed by atoms with Crippen molar-refractivity contribution in [3.05, 3.63) is 28.8 Å². The molecule has 1 aromatic rings. The minimum absolute atomic E-state index is 0.0320. The van der Waals surface area contributed by atoms with Crippen LogP contribution in [-0.2, 0) is 20.4 Å². The number of carbonyl (C=O) groups excluding carboxylic acids is 1. The molecule has 0 aromatic heterocycles. The normalized spacial score (nSPS) is 24.7. The summed E-state index contributed by atoms with van der Waals surface area (Å²) in [4.78, 5) is 12.6. The maximum atomic E-state index is 12.7. The number of amides is 1. The topological polar surface area (TPSA) is 72.5 Å². The molecule has 1 saturated carbocycles. The van der Waals surface area contributed by atoms with Gasteiger partial charge in [-0.05, 0) is 43.4 Å². The molecule has 7 heteroatoms. The summed E-state index contributed by atoms with van der Waals surface area (Å²) in [5, 5.41) is 2.26. The van der Waals surface area contributed by atoms with Crippen LogP contribution < -0.4 is 10.1 Å². The van der Waals surface area contributed by atoms with Gasteiger partial charge in [-0.2, -0.15) is 0 Å². The summed E-state index contributed by atoms with van der Waals surface area (Å²) < 4.78 is 30.7. The summed E-state index contributed by atoms with van der Waals surface area (Å²) in [5.41, 5.74) is 0.458. The fraction of sp³-hybridized carbons (Fsp3) is 0.632. The molecule has 0 unspecified atom stereocenters. The summed E-state index contributed by atoms with van der Waals surface area (Å²) >= 11 is 5.97. The maximum absolute atomic E-state index is 12.7. The predicted molar refractivity (Wildman–Crippen MR) is 104 cm³/mol. The molecule has 1 aliphatic carbocycles. The maximum Gasteiger partial charge on any atom is 0.238 e. The van der Waals surface area contributed by atoms with Gasteiger partial charge in [-0.15, -0.1) is 0 Å². The first-order valence-electron chi connectivity index (χ1n) is 9.00. The van der Waals surface area contributed by atoms with Gasteiger partial charge in [-0.25, -0.2) is 8.42 Å². The number of hydrogen-bond donors (Lipinski definition) is 1. The zero-order valence-electron chi connectivity index (χ0n) is 15.8. The average Bonchev–Trinajstić information content (AvgIpc) is 2.58. The van der Waals surface area contributed by atoms with Crippen molar-refractivity contribution in [2.24, 2.45) is 11.8 Å². The highest BCUT2D eigenvalue weighted by Crippen LogP contribution is 2.30. The Morgan fingerprint density at radius 1 is 1.35 bits per heavy atom. The van der Waals surface area contributed by atoms with Crippen LogP contribution in [0, 0.1) is 11.8 Å². The molecule has 0 heterocycles. The molecule has 26 heavy (non-hydrogen) atoms. The van der Waals surface area contributed by atoms with Gasteiger partial charge in [-0.3, -0.25) is 4.79 Å². The van der Waals surface area contributed by atoms with Gasteiger partial charge in [0.15, 0.2) is 9.84 Å². The summed E-state index contributed by atoms with van der Waals surface area (Å²) in [6.45, 7) is 5.73. The van der Waals surface area contributed by atoms with Crippen LogP contribution in [0.3, 0.4) is 0 Å². The Labute approximate surface area is 161 Å². The van der Waals surface area contributed by atoms with Gasteiger partial charge < -0.3 is 10.1 Å². The van der Waals surface area contributed by atoms with Gasteiger partial charge >= 0.3 is 0 Å². The zero-order chi connectivity index (χ0) is 19.5. The molecule has 1 fully saturated rings. The predicted octanol–water partition coefficient (Wildman–Crippen LogP) is 3.59. The van der Waals surface area contributed by atoms with E-state index in [-0.39, 0.29) is 11.8 Å². The smallest absolute Gasteiger partial charge is 0.238 e. The molecule has 0 spiro atoms. The lowest BCUT2D eigenvalue weighted by Gasteiger charge is -2.35. The van der Waals surface area contributed by atoms with Gasteiger partial charge in [0.2, 0.25) is 5.91 Å². The lowest BCUT2D eigenvalue weighted by molar-refractivity contribution is -0.121. The second-order valence-electron chi connectivity index (χ2n) is 7.29. The van der Waals surface area contributed by atoms with E-state index in [0.717, 1.165) is 19.3 Å². The highest BCUT2D eigenvalue weighted by atomic mass is 35.5. The minimum atomic E-state index is -3.69. The van der Waals surface area contributed by atoms with Crippen LogP contribution in [0.25, 0.3) is 0 Å². The summed E-state index contributed by atoms with van der Waals surface area (Å²) in [6.07, 6.45) is 3.10. The van der Waals surface area contributed by atoms with Crippen LogP contribution in [-0.4, -0.2) is 32.7 Å². The number of halogens is 1. The Morgan fingerprint density at radius 2 is 2.04 bits per heavy atom. The van der Waals surface area contributed by atoms with Gasteiger partial charge in [0.25, 0.3) is 0 Å². The third-order valence-electron chi connectivity index (χ3n) is 5.54. The number of rotatable bonds is 6. The van der Waals surface area contributed by atoms with Crippen LogP contribution in [0.2, 0.25) is 5.02 Å². The van der Waals surface area contributed by atoms with E-state index in [1.54, 1.807) is 18.2 Å². The number of sulfone groups is 1. The van der Waals surface area contributed by atoms with Crippen molar-refractivity contribution in [2.45, 2.75) is 57.1 Å². The van der Waals surface area contributed by atoms with Crippen molar-refractivity contribution in [3.8, 4) is 5.75 Å². The van der Waals surface area contributed by atoms with E-state index in [0.29, 0.717) is 28.2 Å². The molecule has 1 N–H and O–H groups in total. The van der Waals surface area contributed by atoms with E-state index < -0.39 is 21.0 Å². The number of ether oxygens (including phenoxy) is 1. The molecule has 1 aromatic carbocycles. The largest absolute Gasteiger partial charge is 0.496 e. The molecule has 4 atom stereocenters. The second-order valence-corrected chi connectivity index (χ2v) is 10.0. The number of benzene rings is 1. The van der Waals surface area contributed by atoms with E-state index in [2.05, 4.69) is 19.2 Å². The molecule has 146 valence electrons. The Balaban J connectivity index is 2.10. The lowest BCUT2D eigenvalue weighted by Crippen LogP contribution is -2.48. The molecule has 2 rings (SSSR count). The number of hydrogen-bond acceptors (Lipinski definition) is 4. The number of methoxy groups -OCH3 is 1. The fourth-order valence-corrected chi connectivity index (χ4v) is 4.95. The highest BCUT2D eigenvalue weighted by molar-refractivity contribution is 7.92. The SMILES string of the molecule is COc1ccc(Cl)cc1CS(=O)(=O)[C@H](C)C(=O)N[C@@H]1CCC[C@H](C)[C@H]1C. The monoisotopic (exact) mass is 401 g/mol. The molecule has 1 amide bonds. The standard InChI is InChI=1S/C19H28ClNO4S/c1-12-6-5-7-17(13(12)2)21-19(22)14(3)26(23,24)11-15-10-16(20)8-9-18(15)25-4/h8-10,12-14,17H,5-7,11H2,1-4H3,(H,21,22)/t12-,13+,14+,17+/m0/s1. The van der Waals surface area contributed by atoms with Gasteiger partial charge in [-0.1, -0.05) is 38.3 Å². The average molecular weight is 402 g/mol. The molecular weight excluding hydrogens is 374 g/mol. The zero-order valence-corrected chi connectivity index (χ0v) is 17.4. The van der Waals surface area contributed by atoms with E-state index in [9.17, 15) is 13.2 Å². The minimum Gasteiger partial charge on any atom is -0.496 e. The van der Waals surface area contributed by atoms with Gasteiger partial charge in [0.05, 0.1) is 12.9 Å². The van der Waals surface area contributed by atoms with Crippen molar-refractivity contribution in [1.82, 2.24) is 5.32 Å². The van der Waals surface area contributed by atoms with E-state index >= 15 is 0 Å². The van der Waals surface area contributed by atoms with Crippen LogP contribution in [0.5, 0.6) is 5.75 Å². The van der Waals surface area contributed by atoms with Crippen molar-refractivity contribution in [3.63, 3.8) is 0 Å². The molecule has 0 radical (unpaired) electrons. The molecule has 5 nitrogen and oxygen atoms in total. The molecular formula is C19H28ClNO4S. The van der Waals surface area contributed by atoms with Crippen molar-refractivity contribution >= 4 is 27.3 Å². The number of nitrogens with one attached hydrogen (secondary N) is 1. The fourth-order valence-electron chi connectivity index (χ4n) is 3.45. The Kier molecular flexibility index (Phi) is 6.97. The third kappa shape index (κ3) is 4.92. The van der Waals surface area contributed by atoms with E-state index in [1.165, 1.54) is 14.0 Å². The highest BCUT2D eigenvalue weighted by Gasteiger charge is 2.33. The van der Waals surface area contributed by atoms with Crippen LogP contribution in [0.4, 0.5) is 0 Å². The van der Waals surface area contributed by atoms with Crippen molar-refractivity contribution in [1.29, 1.82) is 0 Å². The first-order valence-corrected chi connectivity index (χ1v) is 11.1. The van der Waals surface area contributed by atoms with Crippen LogP contribution >= 0.6 is 11.6 Å². The summed E-state index contributed by atoms with van der Waals surface area (Å²) in [7, 11) is -2.22. The Bertz CT molecular complexity index is 750. The Hall–Kier alpha value is -1.27. The van der Waals surface area contributed by atoms with E-state index in [1.807, 2.05) is 0 Å². The van der Waals surface area contributed by atoms with E-state index in [4.69, 9.17) is 16.3 Å². The quantitative estimate of drug-likeness (QED) is 0.790. The first kappa shape index (κ1) is 21.0. The first-order chi connectivity index (χ1) is 12.2. The van der Waals surface area contributed by atoms with Crippen LogP contribution in [0.15, 0.2) is 18.2 Å². The van der Waals surface area contributed by atoms with Gasteiger partial charge in [0, 0.05) is 16.6 Å². The number of carbonyl (C=O) groups is 1.